The van der Waals surface area contributed by atoms with Gasteiger partial charge in [0.15, 0.2) is 0 Å². The van der Waals surface area contributed by atoms with Gasteiger partial charge in [0.25, 0.3) is 0 Å². The van der Waals surface area contributed by atoms with E-state index in [-0.39, 0.29) is 5.97 Å². The van der Waals surface area contributed by atoms with E-state index in [0.29, 0.717) is 11.9 Å². The number of hydrogen-bond acceptors (Lipinski definition) is 6. The van der Waals surface area contributed by atoms with Crippen LogP contribution in [0.15, 0.2) is 15.9 Å². The second-order valence-electron chi connectivity index (χ2n) is 4.61. The summed E-state index contributed by atoms with van der Waals surface area (Å²) in [6.07, 6.45) is 4.52. The number of rotatable bonds is 6. The molecular weight excluding hydrogens is 280 g/mol. The van der Waals surface area contributed by atoms with Crippen molar-refractivity contribution in [2.45, 2.75) is 48.2 Å². The summed E-state index contributed by atoms with van der Waals surface area (Å²) in [4.78, 5) is 16.5. The highest BCUT2D eigenvalue weighted by atomic mass is 32.2. The largest absolute Gasteiger partial charge is 0.465 e. The van der Waals surface area contributed by atoms with E-state index in [4.69, 9.17) is 4.74 Å². The number of likely N-dealkylation sites (N-methyl/N-ethyl adjacent to an activating group) is 1. The van der Waals surface area contributed by atoms with Crippen LogP contribution >= 0.6 is 23.1 Å². The van der Waals surface area contributed by atoms with Crippen molar-refractivity contribution in [1.29, 1.82) is 0 Å². The van der Waals surface area contributed by atoms with Crippen molar-refractivity contribution in [2.75, 3.05) is 13.2 Å². The molecule has 1 aromatic rings. The minimum atomic E-state index is -0.486. The maximum absolute atomic E-state index is 12.2. The first-order valence-corrected chi connectivity index (χ1v) is 8.44. The molecule has 106 valence electrons. The summed E-state index contributed by atoms with van der Waals surface area (Å²) in [5.74, 6) is -0.0981. The molecule has 2 unspecified atom stereocenters. The fourth-order valence-electron chi connectivity index (χ4n) is 2.54. The van der Waals surface area contributed by atoms with Crippen LogP contribution < -0.4 is 5.32 Å². The van der Waals surface area contributed by atoms with Gasteiger partial charge in [0.1, 0.15) is 9.88 Å². The summed E-state index contributed by atoms with van der Waals surface area (Å²) in [6.45, 7) is 5.11. The molecule has 1 aliphatic carbocycles. The van der Waals surface area contributed by atoms with E-state index in [1.54, 1.807) is 23.1 Å². The van der Waals surface area contributed by atoms with Gasteiger partial charge in [0, 0.05) is 16.8 Å². The molecule has 1 aliphatic rings. The Kier molecular flexibility index (Phi) is 5.24. The predicted octanol–water partition coefficient (Wildman–Crippen LogP) is 2.70. The fraction of sp³-hybridized carbons (Fsp3) is 0.692. The zero-order valence-corrected chi connectivity index (χ0v) is 13.0. The van der Waals surface area contributed by atoms with Crippen molar-refractivity contribution in [3.63, 3.8) is 0 Å². The summed E-state index contributed by atoms with van der Waals surface area (Å²) in [5.41, 5.74) is -0.486. The van der Waals surface area contributed by atoms with E-state index in [2.05, 4.69) is 10.3 Å². The summed E-state index contributed by atoms with van der Waals surface area (Å²) < 4.78 is 6.33. The number of esters is 1. The maximum atomic E-state index is 12.2. The zero-order chi connectivity index (χ0) is 13.7. The second kappa shape index (κ2) is 6.72. The first kappa shape index (κ1) is 14.8. The standard InChI is InChI=1S/C13H20N2O2S2/c1-3-15-13(11(16)17-4-2)6-5-10(9-13)19-12-14-7-8-18-12/h7-8,10,15H,3-6,9H2,1-2H3. The van der Waals surface area contributed by atoms with E-state index in [0.717, 1.165) is 30.1 Å². The molecule has 2 rings (SSSR count). The van der Waals surface area contributed by atoms with Crippen LogP contribution in [0.2, 0.25) is 0 Å². The Labute approximate surface area is 122 Å². The van der Waals surface area contributed by atoms with E-state index in [1.165, 1.54) is 0 Å². The molecule has 6 heteroatoms. The van der Waals surface area contributed by atoms with E-state index >= 15 is 0 Å². The number of nitrogens with zero attached hydrogens (tertiary/aromatic N) is 1. The molecule has 0 saturated heterocycles. The third-order valence-corrected chi connectivity index (χ3v) is 5.51. The van der Waals surface area contributed by atoms with E-state index < -0.39 is 5.54 Å². The van der Waals surface area contributed by atoms with Gasteiger partial charge in [-0.3, -0.25) is 4.79 Å². The van der Waals surface area contributed by atoms with Gasteiger partial charge >= 0.3 is 5.97 Å². The van der Waals surface area contributed by atoms with Crippen molar-refractivity contribution in [1.82, 2.24) is 10.3 Å². The van der Waals surface area contributed by atoms with Crippen molar-refractivity contribution in [3.05, 3.63) is 11.6 Å². The van der Waals surface area contributed by atoms with Crippen LogP contribution in [0.5, 0.6) is 0 Å². The molecule has 2 atom stereocenters. The average molecular weight is 300 g/mol. The number of ether oxygens (including phenoxy) is 1. The highest BCUT2D eigenvalue weighted by molar-refractivity contribution is 8.01. The van der Waals surface area contributed by atoms with Gasteiger partial charge in [-0.15, -0.1) is 11.3 Å². The minimum absolute atomic E-state index is 0.0981. The molecule has 0 bridgehead atoms. The lowest BCUT2D eigenvalue weighted by Crippen LogP contribution is -2.51. The lowest BCUT2D eigenvalue weighted by atomic mass is 9.98. The summed E-state index contributed by atoms with van der Waals surface area (Å²) in [7, 11) is 0. The zero-order valence-electron chi connectivity index (χ0n) is 11.3. The van der Waals surface area contributed by atoms with Crippen LogP contribution in [0.1, 0.15) is 33.1 Å². The molecule has 1 fully saturated rings. The number of thiazole rings is 1. The van der Waals surface area contributed by atoms with Crippen molar-refractivity contribution >= 4 is 29.1 Å². The third-order valence-electron chi connectivity index (χ3n) is 3.33. The highest BCUT2D eigenvalue weighted by Crippen LogP contribution is 2.41. The third kappa shape index (κ3) is 3.49. The van der Waals surface area contributed by atoms with Crippen LogP contribution in [0, 0.1) is 0 Å². The van der Waals surface area contributed by atoms with Crippen molar-refractivity contribution in [2.24, 2.45) is 0 Å². The summed E-state index contributed by atoms with van der Waals surface area (Å²) in [6, 6.07) is 0. The maximum Gasteiger partial charge on any atom is 0.326 e. The number of thioether (sulfide) groups is 1. The van der Waals surface area contributed by atoms with Crippen LogP contribution in [-0.4, -0.2) is 34.9 Å². The Morgan fingerprint density at radius 3 is 3.16 bits per heavy atom. The van der Waals surface area contributed by atoms with Crippen LogP contribution in [0.3, 0.4) is 0 Å². The van der Waals surface area contributed by atoms with Gasteiger partial charge in [-0.1, -0.05) is 18.7 Å². The molecular formula is C13H20N2O2S2. The van der Waals surface area contributed by atoms with Crippen molar-refractivity contribution < 1.29 is 9.53 Å². The smallest absolute Gasteiger partial charge is 0.326 e. The van der Waals surface area contributed by atoms with Crippen LogP contribution in [0.25, 0.3) is 0 Å². The lowest BCUT2D eigenvalue weighted by molar-refractivity contribution is -0.151. The number of carbonyl (C=O) groups excluding carboxylic acids is 1. The highest BCUT2D eigenvalue weighted by Gasteiger charge is 2.46. The van der Waals surface area contributed by atoms with E-state index in [1.807, 2.05) is 25.4 Å². The van der Waals surface area contributed by atoms with Gasteiger partial charge < -0.3 is 10.1 Å². The van der Waals surface area contributed by atoms with E-state index in [9.17, 15) is 4.79 Å². The quantitative estimate of drug-likeness (QED) is 0.819. The SMILES string of the molecule is CCNC1(C(=O)OCC)CCC(Sc2nccs2)C1. The second-order valence-corrected chi connectivity index (χ2v) is 7.06. The Morgan fingerprint density at radius 2 is 2.53 bits per heavy atom. The van der Waals surface area contributed by atoms with Gasteiger partial charge in [-0.05, 0) is 32.7 Å². The monoisotopic (exact) mass is 300 g/mol. The lowest BCUT2D eigenvalue weighted by Gasteiger charge is -2.27. The Bertz CT molecular complexity index is 411. The molecule has 0 aliphatic heterocycles. The molecule has 0 spiro atoms. The Balaban J connectivity index is 2.00. The average Bonchev–Trinajstić information content (AvgIpc) is 3.02. The molecule has 1 heterocycles. The number of nitrogens with one attached hydrogen (secondary N) is 1. The normalized spacial score (nSPS) is 26.5. The minimum Gasteiger partial charge on any atom is -0.465 e. The molecule has 0 aromatic carbocycles. The van der Waals surface area contributed by atoms with Gasteiger partial charge in [0.2, 0.25) is 0 Å². The first-order chi connectivity index (χ1) is 9.20. The van der Waals surface area contributed by atoms with Gasteiger partial charge in [-0.2, -0.15) is 0 Å². The molecule has 1 N–H and O–H groups in total. The number of hydrogen-bond donors (Lipinski definition) is 1. The molecule has 1 aromatic heterocycles. The molecule has 0 amide bonds. The first-order valence-electron chi connectivity index (χ1n) is 6.68. The van der Waals surface area contributed by atoms with Gasteiger partial charge in [0.05, 0.1) is 6.61 Å². The van der Waals surface area contributed by atoms with Crippen molar-refractivity contribution in [3.8, 4) is 0 Å². The molecule has 1 saturated carbocycles. The number of carbonyl (C=O) groups is 1. The van der Waals surface area contributed by atoms with Crippen LogP contribution in [-0.2, 0) is 9.53 Å². The molecule has 4 nitrogen and oxygen atoms in total. The fourth-order valence-corrected chi connectivity index (χ4v) is 4.71. The molecule has 19 heavy (non-hydrogen) atoms. The number of aromatic nitrogens is 1. The summed E-state index contributed by atoms with van der Waals surface area (Å²) >= 11 is 3.44. The Hall–Kier alpha value is -0.590. The molecule has 0 radical (unpaired) electrons. The predicted molar refractivity (Wildman–Crippen MR) is 78.7 cm³/mol. The topological polar surface area (TPSA) is 51.2 Å². The van der Waals surface area contributed by atoms with Crippen LogP contribution in [0.4, 0.5) is 0 Å². The van der Waals surface area contributed by atoms with Gasteiger partial charge in [-0.25, -0.2) is 4.98 Å². The Morgan fingerprint density at radius 1 is 1.68 bits per heavy atom. The summed E-state index contributed by atoms with van der Waals surface area (Å²) in [5, 5.41) is 5.77.